The molecule has 1 aromatic heterocycles. The summed E-state index contributed by atoms with van der Waals surface area (Å²) in [7, 11) is 1.90. The maximum Gasteiger partial charge on any atom is 0.319 e. The van der Waals surface area contributed by atoms with Gasteiger partial charge in [0, 0.05) is 18.9 Å². The van der Waals surface area contributed by atoms with E-state index in [2.05, 4.69) is 4.98 Å². The summed E-state index contributed by atoms with van der Waals surface area (Å²) in [6.45, 7) is -1.54. The average Bonchev–Trinajstić information content (AvgIpc) is 3.19. The summed E-state index contributed by atoms with van der Waals surface area (Å²) in [6, 6.07) is 8.02. The SMILES string of the molecule is CN(Cc1cccc(OC2CCCC2)c1)Cc1nccn1C(F)F. The topological polar surface area (TPSA) is 30.3 Å². The van der Waals surface area contributed by atoms with Gasteiger partial charge in [-0.05, 0) is 50.4 Å². The number of aromatic nitrogens is 2. The van der Waals surface area contributed by atoms with Gasteiger partial charge in [0.2, 0.25) is 0 Å². The Labute approximate surface area is 141 Å². The second kappa shape index (κ2) is 7.75. The zero-order chi connectivity index (χ0) is 16.9. The molecule has 1 aliphatic rings. The molecule has 1 heterocycles. The van der Waals surface area contributed by atoms with Crippen molar-refractivity contribution in [1.82, 2.24) is 14.5 Å². The van der Waals surface area contributed by atoms with Crippen LogP contribution >= 0.6 is 0 Å². The van der Waals surface area contributed by atoms with Gasteiger partial charge in [-0.2, -0.15) is 8.78 Å². The average molecular weight is 335 g/mol. The van der Waals surface area contributed by atoms with E-state index in [1.165, 1.54) is 25.2 Å². The van der Waals surface area contributed by atoms with Crippen LogP contribution in [0, 0.1) is 0 Å². The van der Waals surface area contributed by atoms with E-state index < -0.39 is 6.55 Å². The van der Waals surface area contributed by atoms with Crippen LogP contribution in [0.1, 0.15) is 43.6 Å². The summed E-state index contributed by atoms with van der Waals surface area (Å²) in [4.78, 5) is 5.99. The Morgan fingerprint density at radius 3 is 2.83 bits per heavy atom. The number of alkyl halides is 2. The lowest BCUT2D eigenvalue weighted by Gasteiger charge is -2.18. The van der Waals surface area contributed by atoms with E-state index in [-0.39, 0.29) is 0 Å². The van der Waals surface area contributed by atoms with Crippen LogP contribution in [-0.4, -0.2) is 27.6 Å². The van der Waals surface area contributed by atoms with Crippen LogP contribution in [0.4, 0.5) is 8.78 Å². The van der Waals surface area contributed by atoms with Crippen molar-refractivity contribution in [3.63, 3.8) is 0 Å². The summed E-state index contributed by atoms with van der Waals surface area (Å²) >= 11 is 0. The van der Waals surface area contributed by atoms with Crippen LogP contribution in [-0.2, 0) is 13.1 Å². The normalized spacial score (nSPS) is 15.5. The van der Waals surface area contributed by atoms with Crippen molar-refractivity contribution in [2.24, 2.45) is 0 Å². The molecule has 2 aromatic rings. The van der Waals surface area contributed by atoms with E-state index in [9.17, 15) is 8.78 Å². The second-order valence-corrected chi connectivity index (χ2v) is 6.37. The molecule has 0 spiro atoms. The van der Waals surface area contributed by atoms with Crippen molar-refractivity contribution in [2.45, 2.75) is 51.4 Å². The highest BCUT2D eigenvalue weighted by Gasteiger charge is 2.17. The molecule has 130 valence electrons. The first-order chi connectivity index (χ1) is 11.6. The van der Waals surface area contributed by atoms with Gasteiger partial charge < -0.3 is 4.74 Å². The molecule has 0 N–H and O–H groups in total. The number of imidazole rings is 1. The van der Waals surface area contributed by atoms with Crippen molar-refractivity contribution in [3.8, 4) is 5.75 Å². The van der Waals surface area contributed by atoms with Crippen molar-refractivity contribution in [1.29, 1.82) is 0 Å². The molecule has 24 heavy (non-hydrogen) atoms. The van der Waals surface area contributed by atoms with Gasteiger partial charge in [-0.15, -0.1) is 0 Å². The standard InChI is InChI=1S/C18H23F2N3O/c1-22(13-17-21-9-10-23(17)18(19)20)12-14-5-4-8-16(11-14)24-15-6-2-3-7-15/h4-5,8-11,15,18H,2-3,6-7,12-13H2,1H3. The first kappa shape index (κ1) is 16.9. The lowest BCUT2D eigenvalue weighted by atomic mass is 10.2. The number of hydrogen-bond donors (Lipinski definition) is 0. The molecule has 0 amide bonds. The Bertz CT molecular complexity index is 653. The van der Waals surface area contributed by atoms with E-state index in [1.54, 1.807) is 0 Å². The molecular weight excluding hydrogens is 312 g/mol. The fraction of sp³-hybridized carbons (Fsp3) is 0.500. The predicted octanol–water partition coefficient (Wildman–Crippen LogP) is 4.23. The Kier molecular flexibility index (Phi) is 5.45. The highest BCUT2D eigenvalue weighted by molar-refractivity contribution is 5.28. The third-order valence-corrected chi connectivity index (χ3v) is 4.33. The van der Waals surface area contributed by atoms with Crippen molar-refractivity contribution < 1.29 is 13.5 Å². The third kappa shape index (κ3) is 4.32. The molecule has 0 saturated heterocycles. The largest absolute Gasteiger partial charge is 0.490 e. The van der Waals surface area contributed by atoms with Crippen LogP contribution in [0.2, 0.25) is 0 Å². The molecule has 0 radical (unpaired) electrons. The number of hydrogen-bond acceptors (Lipinski definition) is 3. The lowest BCUT2D eigenvalue weighted by molar-refractivity contribution is 0.0644. The predicted molar refractivity (Wildman–Crippen MR) is 88.0 cm³/mol. The fourth-order valence-electron chi connectivity index (χ4n) is 3.17. The highest BCUT2D eigenvalue weighted by Crippen LogP contribution is 2.25. The maximum absolute atomic E-state index is 12.9. The van der Waals surface area contributed by atoms with Gasteiger partial charge in [-0.25, -0.2) is 4.98 Å². The Hall–Kier alpha value is -1.95. The maximum atomic E-state index is 12.9. The van der Waals surface area contributed by atoms with Crippen LogP contribution in [0.5, 0.6) is 5.75 Å². The van der Waals surface area contributed by atoms with E-state index in [0.29, 0.717) is 25.0 Å². The molecular formula is C18H23F2N3O. The molecule has 0 aliphatic heterocycles. The Morgan fingerprint density at radius 2 is 2.08 bits per heavy atom. The minimum atomic E-state index is -2.56. The van der Waals surface area contributed by atoms with E-state index in [4.69, 9.17) is 4.74 Å². The first-order valence-corrected chi connectivity index (χ1v) is 8.36. The molecule has 1 saturated carbocycles. The van der Waals surface area contributed by atoms with Gasteiger partial charge in [0.1, 0.15) is 11.6 Å². The van der Waals surface area contributed by atoms with Crippen LogP contribution in [0.25, 0.3) is 0 Å². The number of halogens is 2. The molecule has 6 heteroatoms. The van der Waals surface area contributed by atoms with Crippen LogP contribution in [0.15, 0.2) is 36.7 Å². The third-order valence-electron chi connectivity index (χ3n) is 4.33. The molecule has 0 atom stereocenters. The van der Waals surface area contributed by atoms with Gasteiger partial charge in [-0.1, -0.05) is 12.1 Å². The zero-order valence-electron chi connectivity index (χ0n) is 13.9. The second-order valence-electron chi connectivity index (χ2n) is 6.37. The summed E-state index contributed by atoms with van der Waals surface area (Å²) in [5.74, 6) is 1.26. The molecule has 1 aliphatic carbocycles. The van der Waals surface area contributed by atoms with E-state index in [1.807, 2.05) is 36.2 Å². The number of ether oxygens (including phenoxy) is 1. The fourth-order valence-corrected chi connectivity index (χ4v) is 3.17. The number of benzene rings is 1. The minimum absolute atomic E-state index is 0.330. The van der Waals surface area contributed by atoms with Crippen LogP contribution in [0.3, 0.4) is 0 Å². The lowest BCUT2D eigenvalue weighted by Crippen LogP contribution is -2.20. The van der Waals surface area contributed by atoms with Gasteiger partial charge >= 0.3 is 6.55 Å². The monoisotopic (exact) mass is 335 g/mol. The van der Waals surface area contributed by atoms with Crippen molar-refractivity contribution in [3.05, 3.63) is 48.0 Å². The van der Waals surface area contributed by atoms with Crippen molar-refractivity contribution >= 4 is 0 Å². The summed E-state index contributed by atoms with van der Waals surface area (Å²) < 4.78 is 32.7. The first-order valence-electron chi connectivity index (χ1n) is 8.36. The summed E-state index contributed by atoms with van der Waals surface area (Å²) in [6.07, 6.45) is 7.78. The number of nitrogens with zero attached hydrogens (tertiary/aromatic N) is 3. The molecule has 1 aromatic carbocycles. The van der Waals surface area contributed by atoms with Gasteiger partial charge in [0.05, 0.1) is 12.6 Å². The molecule has 3 rings (SSSR count). The molecule has 0 unspecified atom stereocenters. The molecule has 1 fully saturated rings. The van der Waals surface area contributed by atoms with E-state index >= 15 is 0 Å². The van der Waals surface area contributed by atoms with E-state index in [0.717, 1.165) is 28.7 Å². The smallest absolute Gasteiger partial charge is 0.319 e. The van der Waals surface area contributed by atoms with Crippen molar-refractivity contribution in [2.75, 3.05) is 7.05 Å². The van der Waals surface area contributed by atoms with Crippen LogP contribution < -0.4 is 4.74 Å². The van der Waals surface area contributed by atoms with Gasteiger partial charge in [0.15, 0.2) is 0 Å². The van der Waals surface area contributed by atoms with Gasteiger partial charge in [-0.3, -0.25) is 9.47 Å². The summed E-state index contributed by atoms with van der Waals surface area (Å²) in [5.41, 5.74) is 1.10. The minimum Gasteiger partial charge on any atom is -0.490 e. The Morgan fingerprint density at radius 1 is 1.29 bits per heavy atom. The molecule has 4 nitrogen and oxygen atoms in total. The highest BCUT2D eigenvalue weighted by atomic mass is 19.3. The zero-order valence-corrected chi connectivity index (χ0v) is 13.9. The Balaban J connectivity index is 1.59. The summed E-state index contributed by atoms with van der Waals surface area (Å²) in [5, 5.41) is 0. The molecule has 0 bridgehead atoms. The van der Waals surface area contributed by atoms with Gasteiger partial charge in [0.25, 0.3) is 0 Å². The number of rotatable bonds is 7. The quantitative estimate of drug-likeness (QED) is 0.758.